The maximum atomic E-state index is 12.1. The van der Waals surface area contributed by atoms with Gasteiger partial charge in [0, 0.05) is 11.8 Å². The Morgan fingerprint density at radius 1 is 1.28 bits per heavy atom. The third-order valence-corrected chi connectivity index (χ3v) is 2.18. The molecular formula is C12H15F2NO3. The first-order valence-corrected chi connectivity index (χ1v) is 5.57. The number of halogens is 2. The Bertz CT molecular complexity index is 436. The van der Waals surface area contributed by atoms with Crippen molar-refractivity contribution >= 4 is 11.6 Å². The van der Waals surface area contributed by atoms with Crippen LogP contribution in [-0.2, 0) is 4.79 Å². The molecule has 0 unspecified atom stereocenters. The van der Waals surface area contributed by atoms with Gasteiger partial charge in [-0.15, -0.1) is 0 Å². The van der Waals surface area contributed by atoms with Crippen molar-refractivity contribution in [1.29, 1.82) is 0 Å². The molecule has 6 heteroatoms. The largest absolute Gasteiger partial charge is 0.454 e. The molecule has 0 spiro atoms. The van der Waals surface area contributed by atoms with Crippen molar-refractivity contribution in [3.63, 3.8) is 0 Å². The maximum Gasteiger partial charge on any atom is 0.315 e. The molecule has 1 aromatic carbocycles. The number of rotatable bonds is 2. The minimum atomic E-state index is -3.04. The number of aryl methyl sites for hydroxylation is 1. The van der Waals surface area contributed by atoms with Crippen molar-refractivity contribution in [3.05, 3.63) is 17.7 Å². The Labute approximate surface area is 104 Å². The number of ether oxygens (including phenoxy) is 2. The zero-order chi connectivity index (χ0) is 13.7. The van der Waals surface area contributed by atoms with E-state index in [1.807, 2.05) is 13.8 Å². The van der Waals surface area contributed by atoms with Crippen LogP contribution in [0.4, 0.5) is 14.5 Å². The van der Waals surface area contributed by atoms with Crippen LogP contribution in [0.1, 0.15) is 19.4 Å². The average Bonchev–Trinajstić information content (AvgIpc) is 2.79. The molecule has 0 radical (unpaired) electrons. The summed E-state index contributed by atoms with van der Waals surface area (Å²) in [5.41, 5.74) is 0.938. The van der Waals surface area contributed by atoms with Gasteiger partial charge in [0.2, 0.25) is 6.79 Å². The van der Waals surface area contributed by atoms with E-state index < -0.39 is 12.3 Å². The van der Waals surface area contributed by atoms with E-state index in [0.29, 0.717) is 22.7 Å². The molecule has 1 N–H and O–H groups in total. The van der Waals surface area contributed by atoms with Gasteiger partial charge in [-0.3, -0.25) is 4.79 Å². The molecule has 0 saturated carbocycles. The molecule has 2 rings (SSSR count). The van der Waals surface area contributed by atoms with Crippen LogP contribution in [0.2, 0.25) is 0 Å². The SMILES string of the molecule is CC.Cc1cc2c(cc1NC(=O)C(F)F)OCO2. The van der Waals surface area contributed by atoms with Crippen LogP contribution in [0.25, 0.3) is 0 Å². The fraction of sp³-hybridized carbons (Fsp3) is 0.417. The summed E-state index contributed by atoms with van der Waals surface area (Å²) in [6.45, 7) is 5.78. The summed E-state index contributed by atoms with van der Waals surface area (Å²) in [4.78, 5) is 10.8. The lowest BCUT2D eigenvalue weighted by Gasteiger charge is -2.08. The molecule has 0 aromatic heterocycles. The Balaban J connectivity index is 0.000000771. The lowest BCUT2D eigenvalue weighted by molar-refractivity contribution is -0.126. The molecule has 0 bridgehead atoms. The predicted octanol–water partition coefficient (Wildman–Crippen LogP) is 2.95. The first-order valence-electron chi connectivity index (χ1n) is 5.57. The van der Waals surface area contributed by atoms with Crippen molar-refractivity contribution in [2.24, 2.45) is 0 Å². The highest BCUT2D eigenvalue weighted by Gasteiger charge is 2.19. The zero-order valence-electron chi connectivity index (χ0n) is 10.4. The van der Waals surface area contributed by atoms with E-state index in [2.05, 4.69) is 5.32 Å². The van der Waals surface area contributed by atoms with Crippen LogP contribution in [0.5, 0.6) is 11.5 Å². The second kappa shape index (κ2) is 6.18. The van der Waals surface area contributed by atoms with Gasteiger partial charge in [-0.1, -0.05) is 13.8 Å². The number of amides is 1. The maximum absolute atomic E-state index is 12.1. The second-order valence-electron chi connectivity index (χ2n) is 3.31. The number of hydrogen-bond acceptors (Lipinski definition) is 3. The molecule has 1 aliphatic heterocycles. The van der Waals surface area contributed by atoms with E-state index in [-0.39, 0.29) is 6.79 Å². The molecule has 1 aromatic rings. The van der Waals surface area contributed by atoms with Crippen molar-refractivity contribution < 1.29 is 23.0 Å². The first-order chi connectivity index (χ1) is 8.58. The van der Waals surface area contributed by atoms with Crippen LogP contribution >= 0.6 is 0 Å². The Kier molecular flexibility index (Phi) is 4.88. The summed E-state index contributed by atoms with van der Waals surface area (Å²) in [6, 6.07) is 3.10. The fourth-order valence-corrected chi connectivity index (χ4v) is 1.37. The molecule has 0 aliphatic carbocycles. The van der Waals surface area contributed by atoms with Crippen molar-refractivity contribution in [2.75, 3.05) is 12.1 Å². The number of nitrogens with one attached hydrogen (secondary N) is 1. The van der Waals surface area contributed by atoms with E-state index in [9.17, 15) is 13.6 Å². The summed E-state index contributed by atoms with van der Waals surface area (Å²) in [6.07, 6.45) is -3.04. The molecule has 100 valence electrons. The molecule has 0 fully saturated rings. The van der Waals surface area contributed by atoms with Gasteiger partial charge in [0.25, 0.3) is 5.91 Å². The van der Waals surface area contributed by atoms with Crippen LogP contribution in [0, 0.1) is 6.92 Å². The molecule has 0 atom stereocenters. The summed E-state index contributed by atoms with van der Waals surface area (Å²) in [5.74, 6) is -0.343. The van der Waals surface area contributed by atoms with E-state index in [4.69, 9.17) is 9.47 Å². The quantitative estimate of drug-likeness (QED) is 0.888. The Morgan fingerprint density at radius 2 is 1.83 bits per heavy atom. The van der Waals surface area contributed by atoms with Gasteiger partial charge < -0.3 is 14.8 Å². The third-order valence-electron chi connectivity index (χ3n) is 2.18. The van der Waals surface area contributed by atoms with Crippen LogP contribution in [-0.4, -0.2) is 19.1 Å². The fourth-order valence-electron chi connectivity index (χ4n) is 1.37. The van der Waals surface area contributed by atoms with Gasteiger partial charge in [0.05, 0.1) is 0 Å². The number of alkyl halides is 2. The predicted molar refractivity (Wildman–Crippen MR) is 63.3 cm³/mol. The third kappa shape index (κ3) is 3.09. The molecule has 1 heterocycles. The van der Waals surface area contributed by atoms with E-state index >= 15 is 0 Å². The first kappa shape index (κ1) is 14.2. The van der Waals surface area contributed by atoms with Gasteiger partial charge in [-0.25, -0.2) is 0 Å². The Morgan fingerprint density at radius 3 is 2.39 bits per heavy atom. The molecular weight excluding hydrogens is 244 g/mol. The van der Waals surface area contributed by atoms with Crippen molar-refractivity contribution in [3.8, 4) is 11.5 Å². The summed E-state index contributed by atoms with van der Waals surface area (Å²) in [5, 5.41) is 2.11. The van der Waals surface area contributed by atoms with Gasteiger partial charge in [-0.05, 0) is 18.6 Å². The molecule has 18 heavy (non-hydrogen) atoms. The van der Waals surface area contributed by atoms with Crippen LogP contribution < -0.4 is 14.8 Å². The summed E-state index contributed by atoms with van der Waals surface area (Å²) in [7, 11) is 0. The number of carbonyl (C=O) groups excluding carboxylic acids is 1. The zero-order valence-corrected chi connectivity index (χ0v) is 10.4. The van der Waals surface area contributed by atoms with Gasteiger partial charge in [-0.2, -0.15) is 8.78 Å². The standard InChI is InChI=1S/C10H9F2NO3.C2H6/c1-5-2-7-8(16-4-15-7)3-6(5)13-10(14)9(11)12;1-2/h2-3,9H,4H2,1H3,(H,13,14);1-2H3. The highest BCUT2D eigenvalue weighted by Crippen LogP contribution is 2.36. The van der Waals surface area contributed by atoms with Crippen LogP contribution in [0.15, 0.2) is 12.1 Å². The lowest BCUT2D eigenvalue weighted by atomic mass is 10.1. The highest BCUT2D eigenvalue weighted by atomic mass is 19.3. The number of benzene rings is 1. The Hall–Kier alpha value is -1.85. The van der Waals surface area contributed by atoms with Gasteiger partial charge in [0.1, 0.15) is 0 Å². The van der Waals surface area contributed by atoms with Crippen LogP contribution in [0.3, 0.4) is 0 Å². The number of carbonyl (C=O) groups is 1. The minimum Gasteiger partial charge on any atom is -0.454 e. The average molecular weight is 259 g/mol. The molecule has 4 nitrogen and oxygen atoms in total. The highest BCUT2D eigenvalue weighted by molar-refractivity contribution is 5.94. The number of anilines is 1. The van der Waals surface area contributed by atoms with Gasteiger partial charge in [0.15, 0.2) is 11.5 Å². The van der Waals surface area contributed by atoms with Crippen molar-refractivity contribution in [1.82, 2.24) is 0 Å². The van der Waals surface area contributed by atoms with E-state index in [1.54, 1.807) is 13.0 Å². The molecule has 1 amide bonds. The molecule has 0 saturated heterocycles. The van der Waals surface area contributed by atoms with Gasteiger partial charge >= 0.3 is 6.43 Å². The molecule has 1 aliphatic rings. The van der Waals surface area contributed by atoms with E-state index in [0.717, 1.165) is 0 Å². The van der Waals surface area contributed by atoms with Crippen molar-refractivity contribution in [2.45, 2.75) is 27.2 Å². The summed E-state index contributed by atoms with van der Waals surface area (Å²) < 4.78 is 34.3. The minimum absolute atomic E-state index is 0.0982. The smallest absolute Gasteiger partial charge is 0.315 e. The second-order valence-corrected chi connectivity index (χ2v) is 3.31. The normalized spacial score (nSPS) is 11.9. The summed E-state index contributed by atoms with van der Waals surface area (Å²) >= 11 is 0. The monoisotopic (exact) mass is 259 g/mol. The topological polar surface area (TPSA) is 47.6 Å². The van der Waals surface area contributed by atoms with E-state index in [1.165, 1.54) is 6.07 Å². The lowest BCUT2D eigenvalue weighted by Crippen LogP contribution is -2.20. The number of hydrogen-bond donors (Lipinski definition) is 1. The number of fused-ring (bicyclic) bond motifs is 1.